The highest BCUT2D eigenvalue weighted by Gasteiger charge is 2.15. The molecule has 7 heteroatoms. The second-order valence-electron chi connectivity index (χ2n) is 6.49. The van der Waals surface area contributed by atoms with Gasteiger partial charge >= 0.3 is 5.63 Å². The summed E-state index contributed by atoms with van der Waals surface area (Å²) in [4.78, 5) is 25.0. The zero-order valence-corrected chi connectivity index (χ0v) is 15.6. The van der Waals surface area contributed by atoms with Crippen molar-refractivity contribution in [2.45, 2.75) is 26.9 Å². The van der Waals surface area contributed by atoms with Crippen molar-refractivity contribution in [3.63, 3.8) is 0 Å². The molecule has 5 nitrogen and oxygen atoms in total. The zero-order valence-electron chi connectivity index (χ0n) is 15.6. The van der Waals surface area contributed by atoms with Gasteiger partial charge in [-0.1, -0.05) is 13.0 Å². The number of hydrogen-bond acceptors (Lipinski definition) is 4. The molecule has 1 N–H and O–H groups in total. The van der Waals surface area contributed by atoms with Gasteiger partial charge in [0.2, 0.25) is 5.91 Å². The molecule has 1 aromatic heterocycles. The van der Waals surface area contributed by atoms with Gasteiger partial charge in [0.1, 0.15) is 17.2 Å². The number of nitrogens with one attached hydrogen (secondary N) is 1. The van der Waals surface area contributed by atoms with E-state index in [4.69, 9.17) is 4.42 Å². The van der Waals surface area contributed by atoms with Crippen molar-refractivity contribution in [2.24, 2.45) is 0 Å². The van der Waals surface area contributed by atoms with Gasteiger partial charge in [0.25, 0.3) is 0 Å². The molecule has 0 aliphatic rings. The van der Waals surface area contributed by atoms with E-state index in [-0.39, 0.29) is 18.0 Å². The number of anilines is 1. The van der Waals surface area contributed by atoms with Crippen molar-refractivity contribution in [2.75, 3.05) is 11.9 Å². The lowest BCUT2D eigenvalue weighted by Crippen LogP contribution is -2.24. The lowest BCUT2D eigenvalue weighted by Gasteiger charge is -2.21. The highest BCUT2D eigenvalue weighted by molar-refractivity contribution is 5.92. The lowest BCUT2D eigenvalue weighted by atomic mass is 10.1. The molecule has 0 bridgehead atoms. The van der Waals surface area contributed by atoms with E-state index in [0.717, 1.165) is 0 Å². The number of rotatable bonds is 6. The first kappa shape index (κ1) is 19.7. The highest BCUT2D eigenvalue weighted by Crippen LogP contribution is 2.23. The normalized spacial score (nSPS) is 11.2. The maximum Gasteiger partial charge on any atom is 0.336 e. The van der Waals surface area contributed by atoms with Crippen LogP contribution in [0.5, 0.6) is 0 Å². The van der Waals surface area contributed by atoms with Crippen LogP contribution in [0.3, 0.4) is 0 Å². The van der Waals surface area contributed by atoms with Gasteiger partial charge < -0.3 is 9.73 Å². The van der Waals surface area contributed by atoms with Crippen LogP contribution in [-0.4, -0.2) is 17.4 Å². The molecular weight excluding hydrogens is 366 g/mol. The van der Waals surface area contributed by atoms with Crippen LogP contribution < -0.4 is 10.9 Å². The molecule has 0 atom stereocenters. The average molecular weight is 386 g/mol. The molecule has 1 heterocycles. The lowest BCUT2D eigenvalue weighted by molar-refractivity contribution is -0.114. The number of halogens is 2. The van der Waals surface area contributed by atoms with Crippen LogP contribution in [-0.2, 0) is 17.9 Å². The van der Waals surface area contributed by atoms with Crippen LogP contribution in [0.25, 0.3) is 11.0 Å². The molecule has 0 radical (unpaired) electrons. The van der Waals surface area contributed by atoms with Crippen LogP contribution in [0, 0.1) is 11.6 Å². The fraction of sp³-hybridized carbons (Fsp3) is 0.238. The first-order valence-corrected chi connectivity index (χ1v) is 8.87. The summed E-state index contributed by atoms with van der Waals surface area (Å²) in [7, 11) is 0. The quantitative estimate of drug-likeness (QED) is 0.649. The Hall–Kier alpha value is -3.06. The Labute approximate surface area is 160 Å². The van der Waals surface area contributed by atoms with Crippen molar-refractivity contribution in [1.29, 1.82) is 0 Å². The number of carbonyl (C=O) groups excluding carboxylic acids is 1. The van der Waals surface area contributed by atoms with Gasteiger partial charge in [0, 0.05) is 48.8 Å². The first-order valence-electron chi connectivity index (χ1n) is 8.87. The fourth-order valence-corrected chi connectivity index (χ4v) is 3.07. The molecule has 0 saturated carbocycles. The van der Waals surface area contributed by atoms with Crippen molar-refractivity contribution in [3.05, 3.63) is 75.6 Å². The van der Waals surface area contributed by atoms with Gasteiger partial charge in [-0.3, -0.25) is 9.69 Å². The predicted molar refractivity (Wildman–Crippen MR) is 103 cm³/mol. The molecule has 2 aromatic carbocycles. The third kappa shape index (κ3) is 4.43. The SMILES string of the molecule is CCN(Cc1c(F)cccc1F)Cc1cc(=O)oc2cc(NC(C)=O)ccc12. The van der Waals surface area contributed by atoms with E-state index in [1.54, 1.807) is 18.2 Å². The summed E-state index contributed by atoms with van der Waals surface area (Å²) in [5.41, 5.74) is 0.988. The Morgan fingerprint density at radius 1 is 1.11 bits per heavy atom. The predicted octanol–water partition coefficient (Wildman–Crippen LogP) is 4.05. The second kappa shape index (κ2) is 8.31. The van der Waals surface area contributed by atoms with E-state index in [9.17, 15) is 18.4 Å². The Morgan fingerprint density at radius 3 is 2.46 bits per heavy atom. The molecule has 0 fully saturated rings. The fourth-order valence-electron chi connectivity index (χ4n) is 3.07. The van der Waals surface area contributed by atoms with Crippen LogP contribution in [0.4, 0.5) is 14.5 Å². The molecule has 3 aromatic rings. The Morgan fingerprint density at radius 2 is 1.82 bits per heavy atom. The molecule has 0 saturated heterocycles. The van der Waals surface area contributed by atoms with Crippen molar-refractivity contribution >= 4 is 22.6 Å². The van der Waals surface area contributed by atoms with Gasteiger partial charge in [0.05, 0.1) is 0 Å². The van der Waals surface area contributed by atoms with Gasteiger partial charge in [-0.05, 0) is 36.4 Å². The minimum absolute atomic E-state index is 0.00966. The van der Waals surface area contributed by atoms with E-state index in [2.05, 4.69) is 5.32 Å². The largest absolute Gasteiger partial charge is 0.423 e. The highest BCUT2D eigenvalue weighted by atomic mass is 19.1. The Bertz CT molecular complexity index is 1060. The number of hydrogen-bond donors (Lipinski definition) is 1. The van der Waals surface area contributed by atoms with E-state index in [0.29, 0.717) is 35.3 Å². The minimum Gasteiger partial charge on any atom is -0.423 e. The Balaban J connectivity index is 1.93. The van der Waals surface area contributed by atoms with Crippen molar-refractivity contribution < 1.29 is 18.0 Å². The summed E-state index contributed by atoms with van der Waals surface area (Å²) in [6.07, 6.45) is 0. The molecule has 0 unspecified atom stereocenters. The number of amides is 1. The third-order valence-electron chi connectivity index (χ3n) is 4.44. The van der Waals surface area contributed by atoms with Crippen LogP contribution in [0.2, 0.25) is 0 Å². The number of carbonyl (C=O) groups is 1. The van der Waals surface area contributed by atoms with Crippen LogP contribution in [0.15, 0.2) is 51.7 Å². The summed E-state index contributed by atoms with van der Waals surface area (Å²) in [6.45, 7) is 4.17. The molecule has 0 aliphatic heterocycles. The monoisotopic (exact) mass is 386 g/mol. The summed E-state index contributed by atoms with van der Waals surface area (Å²) in [6, 6.07) is 10.2. The average Bonchev–Trinajstić information content (AvgIpc) is 2.62. The topological polar surface area (TPSA) is 62.6 Å². The van der Waals surface area contributed by atoms with Gasteiger partial charge in [-0.25, -0.2) is 13.6 Å². The van der Waals surface area contributed by atoms with Gasteiger partial charge in [0.15, 0.2) is 0 Å². The maximum absolute atomic E-state index is 14.0. The van der Waals surface area contributed by atoms with Gasteiger partial charge in [-0.15, -0.1) is 0 Å². The summed E-state index contributed by atoms with van der Waals surface area (Å²) >= 11 is 0. The number of fused-ring (bicyclic) bond motifs is 1. The maximum atomic E-state index is 14.0. The smallest absolute Gasteiger partial charge is 0.336 e. The summed E-state index contributed by atoms with van der Waals surface area (Å²) < 4.78 is 33.2. The number of benzene rings is 2. The van der Waals surface area contributed by atoms with Crippen LogP contribution in [0.1, 0.15) is 25.0 Å². The third-order valence-corrected chi connectivity index (χ3v) is 4.44. The van der Waals surface area contributed by atoms with Crippen molar-refractivity contribution in [3.8, 4) is 0 Å². The van der Waals surface area contributed by atoms with Gasteiger partial charge in [-0.2, -0.15) is 0 Å². The van der Waals surface area contributed by atoms with E-state index in [1.165, 1.54) is 31.2 Å². The van der Waals surface area contributed by atoms with E-state index < -0.39 is 17.3 Å². The summed E-state index contributed by atoms with van der Waals surface area (Å²) in [5.74, 6) is -1.44. The molecule has 146 valence electrons. The van der Waals surface area contributed by atoms with E-state index >= 15 is 0 Å². The number of nitrogens with zero attached hydrogens (tertiary/aromatic N) is 1. The first-order chi connectivity index (χ1) is 13.4. The molecule has 3 rings (SSSR count). The van der Waals surface area contributed by atoms with Crippen molar-refractivity contribution in [1.82, 2.24) is 4.90 Å². The molecule has 28 heavy (non-hydrogen) atoms. The molecular formula is C21H20F2N2O3. The summed E-state index contributed by atoms with van der Waals surface area (Å²) in [5, 5.41) is 3.33. The minimum atomic E-state index is -0.601. The molecule has 0 aliphatic carbocycles. The van der Waals surface area contributed by atoms with E-state index in [1.807, 2.05) is 11.8 Å². The molecule has 0 spiro atoms. The zero-order chi connectivity index (χ0) is 20.3. The second-order valence-corrected chi connectivity index (χ2v) is 6.49. The molecule has 1 amide bonds. The van der Waals surface area contributed by atoms with Crippen LogP contribution >= 0.6 is 0 Å². The standard InChI is InChI=1S/C21H20F2N2O3/c1-3-25(12-17-18(22)5-4-6-19(17)23)11-14-9-21(27)28-20-10-15(24-13(2)26)7-8-16(14)20/h4-10H,3,11-12H2,1-2H3,(H,24,26). The Kier molecular flexibility index (Phi) is 5.84.